The van der Waals surface area contributed by atoms with Crippen molar-refractivity contribution in [3.63, 3.8) is 0 Å². The van der Waals surface area contributed by atoms with Gasteiger partial charge < -0.3 is 5.32 Å². The highest BCUT2D eigenvalue weighted by molar-refractivity contribution is 8.01. The summed E-state index contributed by atoms with van der Waals surface area (Å²) in [7, 11) is 1.44. The number of aryl methyl sites for hydroxylation is 2. The molecule has 3 aromatic rings. The van der Waals surface area contributed by atoms with Crippen LogP contribution in [0, 0.1) is 17.0 Å². The number of rotatable bonds is 6. The lowest BCUT2D eigenvalue weighted by atomic mass is 10.2. The molecular formula is C16H14F3N5O3S2. The van der Waals surface area contributed by atoms with Gasteiger partial charge in [-0.25, -0.2) is 4.98 Å². The molecule has 2 heterocycles. The highest BCUT2D eigenvalue weighted by atomic mass is 32.2. The first-order valence-electron chi connectivity index (χ1n) is 8.14. The lowest BCUT2D eigenvalue weighted by Crippen LogP contribution is -2.17. The van der Waals surface area contributed by atoms with E-state index in [0.717, 1.165) is 16.4 Å². The fourth-order valence-electron chi connectivity index (χ4n) is 2.61. The predicted octanol–water partition coefficient (Wildman–Crippen LogP) is 4.54. The second kappa shape index (κ2) is 7.99. The number of nitrogens with zero attached hydrogens (tertiary/aromatic N) is 4. The average Bonchev–Trinajstić information content (AvgIpc) is 3.12. The number of nitrogens with one attached hydrogen (secondary N) is 1. The molecule has 0 aliphatic rings. The first kappa shape index (κ1) is 21.0. The zero-order valence-corrected chi connectivity index (χ0v) is 16.7. The third-order valence-corrected chi connectivity index (χ3v) is 5.99. The molecule has 0 saturated heterocycles. The molecule has 0 bridgehead atoms. The standard InChI is InChI=1S/C16H14F3N5O3S2/c1-8-12(24(26)27)13(23(2)22-8)14(25)20-9-3-4-10-11(7-9)29-15(21-10)28-6-5-16(17,18)19/h3-4,7H,5-6H2,1-2H3,(H,20,25). The fraction of sp³-hybridized carbons (Fsp3) is 0.312. The van der Waals surface area contributed by atoms with E-state index in [-0.39, 0.29) is 22.8 Å². The van der Waals surface area contributed by atoms with Crippen molar-refractivity contribution in [1.82, 2.24) is 14.8 Å². The van der Waals surface area contributed by atoms with Crippen molar-refractivity contribution in [3.8, 4) is 0 Å². The average molecular weight is 445 g/mol. The van der Waals surface area contributed by atoms with Gasteiger partial charge in [0.15, 0.2) is 4.34 Å². The number of thiazole rings is 1. The number of thioether (sulfide) groups is 1. The maximum absolute atomic E-state index is 12.6. The molecule has 0 unspecified atom stereocenters. The van der Waals surface area contributed by atoms with Crippen LogP contribution < -0.4 is 5.32 Å². The molecule has 1 aromatic carbocycles. The molecule has 3 rings (SSSR count). The van der Waals surface area contributed by atoms with Crippen molar-refractivity contribution in [2.45, 2.75) is 23.9 Å². The van der Waals surface area contributed by atoms with Crippen molar-refractivity contribution in [3.05, 3.63) is 39.7 Å². The molecule has 1 amide bonds. The number of nitro groups is 1. The maximum Gasteiger partial charge on any atom is 0.389 e. The van der Waals surface area contributed by atoms with Crippen LogP contribution >= 0.6 is 23.1 Å². The summed E-state index contributed by atoms with van der Waals surface area (Å²) < 4.78 is 39.1. The van der Waals surface area contributed by atoms with Crippen LogP contribution in [0.1, 0.15) is 22.6 Å². The number of fused-ring (bicyclic) bond motifs is 1. The molecule has 8 nitrogen and oxygen atoms in total. The van der Waals surface area contributed by atoms with Crippen LogP contribution in [-0.2, 0) is 7.05 Å². The second-order valence-corrected chi connectivity index (χ2v) is 8.37. The van der Waals surface area contributed by atoms with Gasteiger partial charge in [-0.3, -0.25) is 19.6 Å². The van der Waals surface area contributed by atoms with Gasteiger partial charge in [0.25, 0.3) is 5.91 Å². The van der Waals surface area contributed by atoms with E-state index in [1.54, 1.807) is 18.2 Å². The Hall–Kier alpha value is -2.67. The van der Waals surface area contributed by atoms with Crippen molar-refractivity contribution in [1.29, 1.82) is 0 Å². The number of carbonyl (C=O) groups excluding carboxylic acids is 1. The minimum Gasteiger partial charge on any atom is -0.320 e. The summed E-state index contributed by atoms with van der Waals surface area (Å²) in [6.07, 6.45) is -5.12. The molecule has 0 aliphatic carbocycles. The molecule has 2 aromatic heterocycles. The summed E-state index contributed by atoms with van der Waals surface area (Å²) in [5, 5.41) is 17.7. The highest BCUT2D eigenvalue weighted by Crippen LogP contribution is 2.33. The molecular weight excluding hydrogens is 431 g/mol. The van der Waals surface area contributed by atoms with Crippen LogP contribution in [0.15, 0.2) is 22.5 Å². The van der Waals surface area contributed by atoms with E-state index in [4.69, 9.17) is 0 Å². The summed E-state index contributed by atoms with van der Waals surface area (Å²) in [6, 6.07) is 4.81. The number of aromatic nitrogens is 3. The normalized spacial score (nSPS) is 11.8. The monoisotopic (exact) mass is 445 g/mol. The van der Waals surface area contributed by atoms with Crippen LogP contribution in [0.3, 0.4) is 0 Å². The molecule has 0 saturated carbocycles. The van der Waals surface area contributed by atoms with Gasteiger partial charge in [0.05, 0.1) is 21.6 Å². The largest absolute Gasteiger partial charge is 0.389 e. The first-order chi connectivity index (χ1) is 13.5. The van der Waals surface area contributed by atoms with Gasteiger partial charge in [0.1, 0.15) is 5.69 Å². The molecule has 29 heavy (non-hydrogen) atoms. The Labute approximate surface area is 170 Å². The van der Waals surface area contributed by atoms with E-state index in [2.05, 4.69) is 15.4 Å². The van der Waals surface area contributed by atoms with E-state index in [1.807, 2.05) is 0 Å². The Morgan fingerprint density at radius 1 is 1.41 bits per heavy atom. The van der Waals surface area contributed by atoms with Gasteiger partial charge in [-0.15, -0.1) is 11.3 Å². The molecule has 154 valence electrons. The number of hydrogen-bond acceptors (Lipinski definition) is 7. The Morgan fingerprint density at radius 2 is 2.14 bits per heavy atom. The second-order valence-electron chi connectivity index (χ2n) is 5.99. The van der Waals surface area contributed by atoms with E-state index in [0.29, 0.717) is 20.2 Å². The van der Waals surface area contributed by atoms with E-state index in [9.17, 15) is 28.1 Å². The smallest absolute Gasteiger partial charge is 0.320 e. The summed E-state index contributed by atoms with van der Waals surface area (Å²) >= 11 is 2.22. The topological polar surface area (TPSA) is 103 Å². The molecule has 0 aliphatic heterocycles. The number of amides is 1. The third-order valence-electron chi connectivity index (χ3n) is 3.83. The van der Waals surface area contributed by atoms with Gasteiger partial charge in [-0.05, 0) is 25.1 Å². The third kappa shape index (κ3) is 4.85. The van der Waals surface area contributed by atoms with E-state index in [1.165, 1.54) is 25.3 Å². The van der Waals surface area contributed by atoms with Crippen LogP contribution in [-0.4, -0.2) is 37.5 Å². The lowest BCUT2D eigenvalue weighted by molar-refractivity contribution is -0.385. The minimum atomic E-state index is -4.21. The quantitative estimate of drug-likeness (QED) is 0.339. The van der Waals surface area contributed by atoms with Gasteiger partial charge in [-0.2, -0.15) is 18.3 Å². The summed E-state index contributed by atoms with van der Waals surface area (Å²) in [4.78, 5) is 27.4. The van der Waals surface area contributed by atoms with E-state index >= 15 is 0 Å². The number of alkyl halides is 3. The van der Waals surface area contributed by atoms with Crippen molar-refractivity contribution < 1.29 is 22.9 Å². The Morgan fingerprint density at radius 3 is 2.79 bits per heavy atom. The zero-order valence-electron chi connectivity index (χ0n) is 15.1. The number of carbonyl (C=O) groups is 1. The maximum atomic E-state index is 12.6. The lowest BCUT2D eigenvalue weighted by Gasteiger charge is -2.05. The van der Waals surface area contributed by atoms with E-state index < -0.39 is 23.4 Å². The van der Waals surface area contributed by atoms with Gasteiger partial charge in [0, 0.05) is 18.5 Å². The number of hydrogen-bond donors (Lipinski definition) is 1. The van der Waals surface area contributed by atoms with Crippen molar-refractivity contribution in [2.24, 2.45) is 7.05 Å². The van der Waals surface area contributed by atoms with Crippen LogP contribution in [0.4, 0.5) is 24.5 Å². The van der Waals surface area contributed by atoms with Gasteiger partial charge in [0.2, 0.25) is 5.69 Å². The SMILES string of the molecule is Cc1nn(C)c(C(=O)Nc2ccc3nc(SCCC(F)(F)F)sc3c2)c1[N+](=O)[O-]. The Bertz CT molecular complexity index is 1090. The highest BCUT2D eigenvalue weighted by Gasteiger charge is 2.29. The minimum absolute atomic E-state index is 0.126. The predicted molar refractivity (Wildman–Crippen MR) is 104 cm³/mol. The first-order valence-corrected chi connectivity index (χ1v) is 9.95. The summed E-state index contributed by atoms with van der Waals surface area (Å²) in [5.41, 5.74) is 0.546. The molecule has 13 heteroatoms. The van der Waals surface area contributed by atoms with Gasteiger partial charge >= 0.3 is 11.9 Å². The fourth-order valence-corrected chi connectivity index (χ4v) is 4.77. The number of anilines is 1. The molecule has 0 spiro atoms. The molecule has 0 fully saturated rings. The molecule has 1 N–H and O–H groups in total. The van der Waals surface area contributed by atoms with Gasteiger partial charge in [-0.1, -0.05) is 11.8 Å². The zero-order chi connectivity index (χ0) is 21.3. The van der Waals surface area contributed by atoms with Crippen molar-refractivity contribution >= 4 is 50.6 Å². The Balaban J connectivity index is 1.78. The summed E-state index contributed by atoms with van der Waals surface area (Å²) in [6.45, 7) is 1.44. The molecule has 0 atom stereocenters. The summed E-state index contributed by atoms with van der Waals surface area (Å²) in [5.74, 6) is -0.820. The Kier molecular flexibility index (Phi) is 5.80. The van der Waals surface area contributed by atoms with Crippen LogP contribution in [0.25, 0.3) is 10.2 Å². The molecule has 0 radical (unpaired) electrons. The number of halogens is 3. The number of benzene rings is 1. The van der Waals surface area contributed by atoms with Crippen LogP contribution in [0.2, 0.25) is 0 Å². The van der Waals surface area contributed by atoms with Crippen molar-refractivity contribution in [2.75, 3.05) is 11.1 Å². The van der Waals surface area contributed by atoms with Crippen LogP contribution in [0.5, 0.6) is 0 Å².